The molecule has 1 saturated carbocycles. The molecule has 0 bridgehead atoms. The molecule has 1 rings (SSSR count). The molecule has 4 nitrogen and oxygen atoms in total. The summed E-state index contributed by atoms with van der Waals surface area (Å²) in [6.07, 6.45) is 1.09. The van der Waals surface area contributed by atoms with Crippen molar-refractivity contribution in [2.24, 2.45) is 11.1 Å². The molecule has 0 aliphatic heterocycles. The van der Waals surface area contributed by atoms with Crippen LogP contribution >= 0.6 is 0 Å². The lowest BCUT2D eigenvalue weighted by Gasteiger charge is -2.09. The maximum atomic E-state index is 10.1. The number of aliphatic hydroxyl groups is 1. The quantitative estimate of drug-likeness (QED) is 0.580. The normalized spacial score (nSPS) is 20.1. The highest BCUT2D eigenvalue weighted by Gasteiger charge is 2.43. The number of carbonyl (C=O) groups excluding carboxylic acids is 1. The van der Waals surface area contributed by atoms with Crippen LogP contribution in [0.2, 0.25) is 0 Å². The van der Waals surface area contributed by atoms with Crippen molar-refractivity contribution >= 4 is 6.09 Å². The minimum Gasteiger partial charge on any atom is -0.449 e. The van der Waals surface area contributed by atoms with Gasteiger partial charge in [0.15, 0.2) is 0 Å². The van der Waals surface area contributed by atoms with Crippen molar-refractivity contribution in [1.82, 2.24) is 0 Å². The van der Waals surface area contributed by atoms with Crippen LogP contribution in [-0.4, -0.2) is 24.4 Å². The Hall–Kier alpha value is -0.770. The third-order valence-electron chi connectivity index (χ3n) is 1.81. The smallest absolute Gasteiger partial charge is 0.404 e. The third kappa shape index (κ3) is 1.60. The number of primary amides is 1. The van der Waals surface area contributed by atoms with Crippen LogP contribution < -0.4 is 5.73 Å². The highest BCUT2D eigenvalue weighted by molar-refractivity contribution is 5.64. The van der Waals surface area contributed by atoms with E-state index in [0.29, 0.717) is 0 Å². The van der Waals surface area contributed by atoms with Crippen molar-refractivity contribution in [3.8, 4) is 0 Å². The highest BCUT2D eigenvalue weighted by atomic mass is 16.5. The first-order valence-electron chi connectivity index (χ1n) is 3.22. The first-order chi connectivity index (χ1) is 4.68. The van der Waals surface area contributed by atoms with Gasteiger partial charge in [-0.25, -0.2) is 4.79 Å². The largest absolute Gasteiger partial charge is 0.449 e. The fourth-order valence-electron chi connectivity index (χ4n) is 0.749. The molecule has 0 atom stereocenters. The first kappa shape index (κ1) is 7.34. The molecule has 3 N–H and O–H groups in total. The van der Waals surface area contributed by atoms with Crippen molar-refractivity contribution in [3.63, 3.8) is 0 Å². The van der Waals surface area contributed by atoms with E-state index in [1.165, 1.54) is 0 Å². The highest BCUT2D eigenvalue weighted by Crippen LogP contribution is 2.44. The Morgan fingerprint density at radius 3 is 2.60 bits per heavy atom. The Kier molecular flexibility index (Phi) is 1.80. The summed E-state index contributed by atoms with van der Waals surface area (Å²) in [4.78, 5) is 10.1. The molecule has 0 saturated heterocycles. The van der Waals surface area contributed by atoms with Gasteiger partial charge in [-0.05, 0) is 12.8 Å². The van der Waals surface area contributed by atoms with E-state index in [0.717, 1.165) is 12.8 Å². The zero-order valence-electron chi connectivity index (χ0n) is 5.67. The monoisotopic (exact) mass is 145 g/mol. The van der Waals surface area contributed by atoms with Crippen LogP contribution in [0.4, 0.5) is 4.79 Å². The Bertz CT molecular complexity index is 142. The molecule has 0 radical (unpaired) electrons. The number of nitrogens with two attached hydrogens (primary N) is 1. The van der Waals surface area contributed by atoms with Crippen molar-refractivity contribution in [2.75, 3.05) is 13.2 Å². The number of ether oxygens (including phenoxy) is 1. The van der Waals surface area contributed by atoms with Gasteiger partial charge in [0, 0.05) is 5.41 Å². The van der Waals surface area contributed by atoms with Gasteiger partial charge in [-0.15, -0.1) is 0 Å². The van der Waals surface area contributed by atoms with Gasteiger partial charge in [0.25, 0.3) is 0 Å². The number of hydrogen-bond donors (Lipinski definition) is 2. The van der Waals surface area contributed by atoms with Gasteiger partial charge >= 0.3 is 6.09 Å². The molecule has 0 unspecified atom stereocenters. The molecular weight excluding hydrogens is 134 g/mol. The molecule has 1 aliphatic rings. The summed E-state index contributed by atoms with van der Waals surface area (Å²) >= 11 is 0. The fourth-order valence-corrected chi connectivity index (χ4v) is 0.749. The maximum absolute atomic E-state index is 10.1. The number of carbonyl (C=O) groups is 1. The van der Waals surface area contributed by atoms with Crippen molar-refractivity contribution < 1.29 is 14.6 Å². The van der Waals surface area contributed by atoms with Crippen LogP contribution in [-0.2, 0) is 4.74 Å². The summed E-state index contributed by atoms with van der Waals surface area (Å²) in [5.41, 5.74) is 4.60. The van der Waals surface area contributed by atoms with Crippen LogP contribution in [0.1, 0.15) is 12.8 Å². The standard InChI is InChI=1S/C6H11NO3/c7-5(9)10-4-6(3-8)1-2-6/h8H,1-4H2,(H2,7,9). The summed E-state index contributed by atoms with van der Waals surface area (Å²) in [6, 6.07) is 0. The van der Waals surface area contributed by atoms with E-state index in [-0.39, 0.29) is 18.6 Å². The van der Waals surface area contributed by atoms with Gasteiger partial charge in [-0.3, -0.25) is 0 Å². The van der Waals surface area contributed by atoms with Gasteiger partial charge in [-0.2, -0.15) is 0 Å². The third-order valence-corrected chi connectivity index (χ3v) is 1.81. The Morgan fingerprint density at radius 2 is 2.30 bits per heavy atom. The van der Waals surface area contributed by atoms with E-state index in [4.69, 9.17) is 10.8 Å². The maximum Gasteiger partial charge on any atom is 0.404 e. The van der Waals surface area contributed by atoms with E-state index in [9.17, 15) is 4.79 Å². The van der Waals surface area contributed by atoms with Crippen LogP contribution in [0.3, 0.4) is 0 Å². The Morgan fingerprint density at radius 1 is 1.70 bits per heavy atom. The number of hydrogen-bond acceptors (Lipinski definition) is 3. The average molecular weight is 145 g/mol. The summed E-state index contributed by atoms with van der Waals surface area (Å²) in [5.74, 6) is 0. The van der Waals surface area contributed by atoms with E-state index >= 15 is 0 Å². The zero-order chi connectivity index (χ0) is 7.61. The van der Waals surface area contributed by atoms with Crippen LogP contribution in [0.5, 0.6) is 0 Å². The minimum atomic E-state index is -0.764. The zero-order valence-corrected chi connectivity index (χ0v) is 5.67. The average Bonchev–Trinajstić information content (AvgIpc) is 2.64. The molecule has 0 spiro atoms. The molecular formula is C6H11NO3. The molecule has 4 heteroatoms. The topological polar surface area (TPSA) is 72.6 Å². The van der Waals surface area contributed by atoms with E-state index in [2.05, 4.69) is 4.74 Å². The number of rotatable bonds is 3. The fraction of sp³-hybridized carbons (Fsp3) is 0.833. The van der Waals surface area contributed by atoms with Crippen molar-refractivity contribution in [1.29, 1.82) is 0 Å². The SMILES string of the molecule is NC(=O)OCC1(CO)CC1. The minimum absolute atomic E-state index is 0.0836. The van der Waals surface area contributed by atoms with Gasteiger partial charge in [0.1, 0.15) is 6.61 Å². The van der Waals surface area contributed by atoms with Gasteiger partial charge in [0.2, 0.25) is 0 Å². The molecule has 0 aromatic carbocycles. The lowest BCUT2D eigenvalue weighted by Crippen LogP contribution is -2.21. The molecule has 0 aromatic rings. The summed E-state index contributed by atoms with van der Waals surface area (Å²) in [5, 5.41) is 8.74. The number of aliphatic hydroxyl groups excluding tert-OH is 1. The van der Waals surface area contributed by atoms with Gasteiger partial charge in [-0.1, -0.05) is 0 Å². The molecule has 1 fully saturated rings. The Labute approximate surface area is 59.0 Å². The lowest BCUT2D eigenvalue weighted by atomic mass is 10.1. The molecule has 10 heavy (non-hydrogen) atoms. The van der Waals surface area contributed by atoms with Crippen molar-refractivity contribution in [2.45, 2.75) is 12.8 Å². The van der Waals surface area contributed by atoms with E-state index in [1.54, 1.807) is 0 Å². The van der Waals surface area contributed by atoms with E-state index < -0.39 is 6.09 Å². The van der Waals surface area contributed by atoms with Crippen LogP contribution in [0, 0.1) is 5.41 Å². The molecule has 1 aliphatic carbocycles. The van der Waals surface area contributed by atoms with E-state index in [1.807, 2.05) is 0 Å². The summed E-state index contributed by atoms with van der Waals surface area (Å²) in [6.45, 7) is 0.346. The predicted molar refractivity (Wildman–Crippen MR) is 34.3 cm³/mol. The van der Waals surface area contributed by atoms with Crippen LogP contribution in [0.15, 0.2) is 0 Å². The second-order valence-electron chi connectivity index (χ2n) is 2.77. The second kappa shape index (κ2) is 2.46. The Balaban J connectivity index is 2.19. The summed E-state index contributed by atoms with van der Waals surface area (Å²) in [7, 11) is 0. The van der Waals surface area contributed by atoms with Crippen molar-refractivity contribution in [3.05, 3.63) is 0 Å². The predicted octanol–water partition coefficient (Wildman–Crippen LogP) is -0.146. The lowest BCUT2D eigenvalue weighted by molar-refractivity contribution is 0.0999. The molecule has 0 aromatic heterocycles. The second-order valence-corrected chi connectivity index (χ2v) is 2.77. The van der Waals surface area contributed by atoms with Gasteiger partial charge < -0.3 is 15.6 Å². The molecule has 0 heterocycles. The van der Waals surface area contributed by atoms with Gasteiger partial charge in [0.05, 0.1) is 6.61 Å². The summed E-state index contributed by atoms with van der Waals surface area (Å²) < 4.78 is 4.54. The molecule has 58 valence electrons. The first-order valence-corrected chi connectivity index (χ1v) is 3.22. The van der Waals surface area contributed by atoms with Crippen LogP contribution in [0.25, 0.3) is 0 Å². The number of amides is 1. The molecule has 1 amide bonds.